The van der Waals surface area contributed by atoms with Gasteiger partial charge in [0, 0.05) is 10.6 Å². The summed E-state index contributed by atoms with van der Waals surface area (Å²) in [5.74, 6) is -0.354. The Kier molecular flexibility index (Phi) is 4.12. The van der Waals surface area contributed by atoms with E-state index in [4.69, 9.17) is 23.2 Å². The van der Waals surface area contributed by atoms with Crippen LogP contribution in [-0.4, -0.2) is 17.2 Å². The molecular formula is C10H9Cl2NO2. The third kappa shape index (κ3) is 3.53. The number of hydrogen-bond donors (Lipinski definition) is 1. The zero-order valence-electron chi connectivity index (χ0n) is 7.96. The third-order valence-corrected chi connectivity index (χ3v) is 2.37. The smallest absolute Gasteiger partial charge is 0.251 e. The van der Waals surface area contributed by atoms with Crippen molar-refractivity contribution >= 4 is 34.4 Å². The molecule has 1 aromatic rings. The Morgan fingerprint density at radius 3 is 2.27 bits per heavy atom. The summed E-state index contributed by atoms with van der Waals surface area (Å²) in [6.45, 7) is 1.52. The summed E-state index contributed by atoms with van der Waals surface area (Å²) < 4.78 is 0. The predicted octanol–water partition coefficient (Wildman–Crippen LogP) is 2.22. The maximum Gasteiger partial charge on any atom is 0.251 e. The van der Waals surface area contributed by atoms with E-state index in [1.807, 2.05) is 0 Å². The minimum absolute atomic E-state index is 0.354. The van der Waals surface area contributed by atoms with E-state index in [2.05, 4.69) is 5.32 Å². The van der Waals surface area contributed by atoms with Gasteiger partial charge in [-0.3, -0.25) is 9.59 Å². The maximum atomic E-state index is 11.5. The molecule has 0 aromatic heterocycles. The van der Waals surface area contributed by atoms with Gasteiger partial charge in [-0.15, -0.1) is 0 Å². The molecule has 0 radical (unpaired) electrons. The second-order valence-corrected chi connectivity index (χ2v) is 3.82. The van der Waals surface area contributed by atoms with Gasteiger partial charge in [0.1, 0.15) is 6.04 Å². The summed E-state index contributed by atoms with van der Waals surface area (Å²) in [7, 11) is 0. The summed E-state index contributed by atoms with van der Waals surface area (Å²) in [5.41, 5.74) is 0.434. The fraction of sp³-hybridized carbons (Fsp3) is 0.200. The van der Waals surface area contributed by atoms with Crippen LogP contribution >= 0.6 is 23.2 Å². The average Bonchev–Trinajstić information content (AvgIpc) is 2.18. The van der Waals surface area contributed by atoms with Crippen molar-refractivity contribution in [3.05, 3.63) is 34.9 Å². The van der Waals surface area contributed by atoms with Crippen LogP contribution in [0.4, 0.5) is 0 Å². The molecule has 1 atom stereocenters. The number of benzene rings is 1. The number of hydrogen-bond acceptors (Lipinski definition) is 2. The topological polar surface area (TPSA) is 46.2 Å². The van der Waals surface area contributed by atoms with Crippen LogP contribution in [0.5, 0.6) is 0 Å². The lowest BCUT2D eigenvalue weighted by atomic mass is 10.2. The fourth-order valence-corrected chi connectivity index (χ4v) is 1.12. The van der Waals surface area contributed by atoms with Gasteiger partial charge in [-0.25, -0.2) is 0 Å². The van der Waals surface area contributed by atoms with Crippen LogP contribution < -0.4 is 5.32 Å². The highest BCUT2D eigenvalue weighted by atomic mass is 35.5. The van der Waals surface area contributed by atoms with Gasteiger partial charge in [0.25, 0.3) is 5.91 Å². The largest absolute Gasteiger partial charge is 0.341 e. The predicted molar refractivity (Wildman–Crippen MR) is 59.2 cm³/mol. The second kappa shape index (κ2) is 5.14. The van der Waals surface area contributed by atoms with E-state index >= 15 is 0 Å². The highest BCUT2D eigenvalue weighted by Gasteiger charge is 2.13. The quantitative estimate of drug-likeness (QED) is 0.831. The number of halogens is 2. The molecular weight excluding hydrogens is 237 g/mol. The zero-order valence-corrected chi connectivity index (χ0v) is 9.47. The molecule has 1 aromatic carbocycles. The normalized spacial score (nSPS) is 11.9. The molecule has 0 aliphatic heterocycles. The standard InChI is InChI=1S/C10H9Cl2NO2/c1-6(9(12)14)13-10(15)7-2-4-8(11)5-3-7/h2-6H,1H3,(H,13,15). The molecule has 0 aliphatic carbocycles. The molecule has 5 heteroatoms. The molecule has 0 spiro atoms. The first-order valence-corrected chi connectivity index (χ1v) is 5.02. The first-order valence-electron chi connectivity index (χ1n) is 4.26. The van der Waals surface area contributed by atoms with Crippen LogP contribution in [0.25, 0.3) is 0 Å². The number of carbonyl (C=O) groups excluding carboxylic acids is 2. The van der Waals surface area contributed by atoms with Crippen molar-refractivity contribution < 1.29 is 9.59 Å². The Hall–Kier alpha value is -1.06. The number of amides is 1. The number of rotatable bonds is 3. The van der Waals surface area contributed by atoms with E-state index in [0.717, 1.165) is 0 Å². The number of carbonyl (C=O) groups is 2. The van der Waals surface area contributed by atoms with Crippen molar-refractivity contribution in [2.24, 2.45) is 0 Å². The van der Waals surface area contributed by atoms with Gasteiger partial charge in [-0.1, -0.05) is 11.6 Å². The van der Waals surface area contributed by atoms with Gasteiger partial charge < -0.3 is 5.32 Å². The number of nitrogens with one attached hydrogen (secondary N) is 1. The molecule has 15 heavy (non-hydrogen) atoms. The lowest BCUT2D eigenvalue weighted by Crippen LogP contribution is -2.36. The van der Waals surface area contributed by atoms with E-state index in [0.29, 0.717) is 10.6 Å². The van der Waals surface area contributed by atoms with E-state index in [9.17, 15) is 9.59 Å². The highest BCUT2D eigenvalue weighted by molar-refractivity contribution is 6.64. The van der Waals surface area contributed by atoms with Gasteiger partial charge in [-0.2, -0.15) is 0 Å². The van der Waals surface area contributed by atoms with Crippen LogP contribution in [0.2, 0.25) is 5.02 Å². The third-order valence-electron chi connectivity index (χ3n) is 1.79. The SMILES string of the molecule is CC(NC(=O)c1ccc(Cl)cc1)C(=O)Cl. The molecule has 0 fully saturated rings. The van der Waals surface area contributed by atoms with Gasteiger partial charge in [0.05, 0.1) is 0 Å². The molecule has 0 aliphatic rings. The molecule has 1 amide bonds. The van der Waals surface area contributed by atoms with E-state index in [1.165, 1.54) is 6.92 Å². The highest BCUT2D eigenvalue weighted by Crippen LogP contribution is 2.09. The molecule has 0 bridgehead atoms. The fourth-order valence-electron chi connectivity index (χ4n) is 0.938. The van der Waals surface area contributed by atoms with E-state index in [-0.39, 0.29) is 5.91 Å². The van der Waals surface area contributed by atoms with E-state index < -0.39 is 11.3 Å². The van der Waals surface area contributed by atoms with Crippen LogP contribution in [0.15, 0.2) is 24.3 Å². The Labute approximate surface area is 97.4 Å². The molecule has 0 saturated carbocycles. The van der Waals surface area contributed by atoms with Crippen molar-refractivity contribution in [2.75, 3.05) is 0 Å². The molecule has 3 nitrogen and oxygen atoms in total. The molecule has 1 N–H and O–H groups in total. The molecule has 0 saturated heterocycles. The Morgan fingerprint density at radius 1 is 1.27 bits per heavy atom. The maximum absolute atomic E-state index is 11.5. The van der Waals surface area contributed by atoms with Gasteiger partial charge in [-0.05, 0) is 42.8 Å². The van der Waals surface area contributed by atoms with Crippen molar-refractivity contribution in [1.29, 1.82) is 0 Å². The monoisotopic (exact) mass is 245 g/mol. The Bertz CT molecular complexity index is 376. The van der Waals surface area contributed by atoms with Gasteiger partial charge >= 0.3 is 0 Å². The molecule has 80 valence electrons. The van der Waals surface area contributed by atoms with Crippen LogP contribution in [0.1, 0.15) is 17.3 Å². The van der Waals surface area contributed by atoms with Crippen molar-refractivity contribution in [2.45, 2.75) is 13.0 Å². The van der Waals surface area contributed by atoms with Gasteiger partial charge in [0.15, 0.2) is 0 Å². The second-order valence-electron chi connectivity index (χ2n) is 3.01. The first-order chi connectivity index (χ1) is 7.00. The lowest BCUT2D eigenvalue weighted by molar-refractivity contribution is -0.113. The first kappa shape index (κ1) is 12.0. The zero-order chi connectivity index (χ0) is 11.4. The molecule has 0 heterocycles. The summed E-state index contributed by atoms with van der Waals surface area (Å²) in [6.07, 6.45) is 0. The van der Waals surface area contributed by atoms with Crippen LogP contribution in [0, 0.1) is 0 Å². The van der Waals surface area contributed by atoms with Crippen molar-refractivity contribution in [3.8, 4) is 0 Å². The van der Waals surface area contributed by atoms with Crippen molar-refractivity contribution in [3.63, 3.8) is 0 Å². The summed E-state index contributed by atoms with van der Waals surface area (Å²) in [4.78, 5) is 22.2. The Balaban J connectivity index is 2.69. The van der Waals surface area contributed by atoms with E-state index in [1.54, 1.807) is 24.3 Å². The summed E-state index contributed by atoms with van der Waals surface area (Å²) in [6, 6.07) is 5.65. The minimum Gasteiger partial charge on any atom is -0.341 e. The van der Waals surface area contributed by atoms with Crippen molar-refractivity contribution in [1.82, 2.24) is 5.32 Å². The molecule has 1 rings (SSSR count). The summed E-state index contributed by atoms with van der Waals surface area (Å²) in [5, 5.41) is 2.40. The molecule has 1 unspecified atom stereocenters. The van der Waals surface area contributed by atoms with Gasteiger partial charge in [0.2, 0.25) is 5.24 Å². The Morgan fingerprint density at radius 2 is 1.80 bits per heavy atom. The minimum atomic E-state index is -0.699. The lowest BCUT2D eigenvalue weighted by Gasteiger charge is -2.08. The van der Waals surface area contributed by atoms with Crippen LogP contribution in [-0.2, 0) is 4.79 Å². The average molecular weight is 246 g/mol. The summed E-state index contributed by atoms with van der Waals surface area (Å²) >= 11 is 10.9. The van der Waals surface area contributed by atoms with Crippen LogP contribution in [0.3, 0.4) is 0 Å².